The van der Waals surface area contributed by atoms with Gasteiger partial charge in [-0.1, -0.05) is 13.0 Å². The maximum atomic E-state index is 12.0. The Morgan fingerprint density at radius 3 is 2.78 bits per heavy atom. The molecule has 0 saturated carbocycles. The number of carbonyl (C=O) groups excluding carboxylic acids is 1. The summed E-state index contributed by atoms with van der Waals surface area (Å²) in [5.74, 6) is -0.149. The summed E-state index contributed by atoms with van der Waals surface area (Å²) in [5.41, 5.74) is 2.69. The Morgan fingerprint density at radius 2 is 2.17 bits per heavy atom. The van der Waals surface area contributed by atoms with Crippen LogP contribution < -0.4 is 10.2 Å². The largest absolute Gasteiger partial charge is 0.393 e. The van der Waals surface area contributed by atoms with Crippen molar-refractivity contribution >= 4 is 17.3 Å². The molecule has 1 aromatic carbocycles. The lowest BCUT2D eigenvalue weighted by molar-refractivity contribution is -0.112. The van der Waals surface area contributed by atoms with Gasteiger partial charge in [0.05, 0.1) is 17.4 Å². The first kappa shape index (κ1) is 17.0. The van der Waals surface area contributed by atoms with Gasteiger partial charge in [0.15, 0.2) is 0 Å². The van der Waals surface area contributed by atoms with Crippen molar-refractivity contribution in [3.05, 3.63) is 35.4 Å². The van der Waals surface area contributed by atoms with E-state index in [4.69, 9.17) is 0 Å². The molecule has 2 N–H and O–H groups in total. The summed E-state index contributed by atoms with van der Waals surface area (Å²) in [7, 11) is 0. The average Bonchev–Trinajstić information content (AvgIpc) is 2.55. The Balaban J connectivity index is 2.15. The molecule has 1 aliphatic heterocycles. The Kier molecular flexibility index (Phi) is 5.78. The molecule has 0 aliphatic carbocycles. The van der Waals surface area contributed by atoms with Crippen LogP contribution in [0, 0.1) is 11.3 Å². The van der Waals surface area contributed by atoms with Gasteiger partial charge < -0.3 is 15.3 Å². The third-order valence-corrected chi connectivity index (χ3v) is 4.05. The molecule has 1 fully saturated rings. The highest BCUT2D eigenvalue weighted by atomic mass is 16.3. The lowest BCUT2D eigenvalue weighted by Crippen LogP contribution is -2.36. The minimum absolute atomic E-state index is 0.149. The zero-order chi connectivity index (χ0) is 16.8. The fourth-order valence-corrected chi connectivity index (χ4v) is 2.71. The lowest BCUT2D eigenvalue weighted by Gasteiger charge is -2.32. The van der Waals surface area contributed by atoms with Gasteiger partial charge in [-0.2, -0.15) is 5.26 Å². The molecule has 2 rings (SSSR count). The SMILES string of the molecule is CC/C=C(/C)C(=O)Nc1ccc(N2CCC(O)CC2)c(C#N)c1. The van der Waals surface area contributed by atoms with E-state index in [-0.39, 0.29) is 12.0 Å². The molecule has 5 heteroatoms. The number of hydrogen-bond acceptors (Lipinski definition) is 4. The van der Waals surface area contributed by atoms with Crippen molar-refractivity contribution in [2.45, 2.75) is 39.2 Å². The van der Waals surface area contributed by atoms with Gasteiger partial charge in [-0.05, 0) is 44.4 Å². The second kappa shape index (κ2) is 7.80. The van der Waals surface area contributed by atoms with E-state index in [1.165, 1.54) is 0 Å². The van der Waals surface area contributed by atoms with Gasteiger partial charge in [-0.25, -0.2) is 0 Å². The van der Waals surface area contributed by atoms with E-state index in [2.05, 4.69) is 16.3 Å². The Labute approximate surface area is 137 Å². The lowest BCUT2D eigenvalue weighted by atomic mass is 10.0. The maximum absolute atomic E-state index is 12.0. The van der Waals surface area contributed by atoms with Gasteiger partial charge in [-0.15, -0.1) is 0 Å². The van der Waals surface area contributed by atoms with Crippen molar-refractivity contribution < 1.29 is 9.90 Å². The Hall–Kier alpha value is -2.32. The van der Waals surface area contributed by atoms with Crippen molar-refractivity contribution in [2.75, 3.05) is 23.3 Å². The summed E-state index contributed by atoms with van der Waals surface area (Å²) in [5, 5.41) is 21.8. The van der Waals surface area contributed by atoms with E-state index in [0.29, 0.717) is 29.7 Å². The highest BCUT2D eigenvalue weighted by Crippen LogP contribution is 2.26. The van der Waals surface area contributed by atoms with Crippen molar-refractivity contribution in [3.63, 3.8) is 0 Å². The molecule has 0 spiro atoms. The third kappa shape index (κ3) is 4.33. The number of hydrogen-bond donors (Lipinski definition) is 2. The molecule has 1 heterocycles. The second-order valence-electron chi connectivity index (χ2n) is 5.81. The maximum Gasteiger partial charge on any atom is 0.250 e. The summed E-state index contributed by atoms with van der Waals surface area (Å²) in [6.07, 6.45) is 3.86. The number of aliphatic hydroxyl groups excluding tert-OH is 1. The second-order valence-corrected chi connectivity index (χ2v) is 5.81. The monoisotopic (exact) mass is 313 g/mol. The Bertz CT molecular complexity index is 638. The van der Waals surface area contributed by atoms with Crippen LogP contribution in [0.25, 0.3) is 0 Å². The van der Waals surface area contributed by atoms with Gasteiger partial charge in [0.2, 0.25) is 0 Å². The van der Waals surface area contributed by atoms with Crippen LogP contribution in [0.1, 0.15) is 38.7 Å². The molecule has 0 aromatic heterocycles. The van der Waals surface area contributed by atoms with Crippen LogP contribution in [0.4, 0.5) is 11.4 Å². The van der Waals surface area contributed by atoms with Crippen molar-refractivity contribution in [1.82, 2.24) is 0 Å². The van der Waals surface area contributed by atoms with Crippen molar-refractivity contribution in [1.29, 1.82) is 5.26 Å². The van der Waals surface area contributed by atoms with E-state index in [0.717, 1.165) is 25.2 Å². The highest BCUT2D eigenvalue weighted by molar-refractivity contribution is 6.03. The molecule has 0 radical (unpaired) electrons. The third-order valence-electron chi connectivity index (χ3n) is 4.05. The number of nitrogens with one attached hydrogen (secondary N) is 1. The topological polar surface area (TPSA) is 76.4 Å². The molecule has 1 aromatic rings. The van der Waals surface area contributed by atoms with Gasteiger partial charge in [-0.3, -0.25) is 4.79 Å². The normalized spacial score (nSPS) is 16.1. The van der Waals surface area contributed by atoms with E-state index >= 15 is 0 Å². The first-order valence-corrected chi connectivity index (χ1v) is 8.00. The molecular formula is C18H23N3O2. The summed E-state index contributed by atoms with van der Waals surface area (Å²) in [6.45, 7) is 5.23. The fraction of sp³-hybridized carbons (Fsp3) is 0.444. The predicted octanol–water partition coefficient (Wildman–Crippen LogP) is 2.81. The van der Waals surface area contributed by atoms with Gasteiger partial charge >= 0.3 is 0 Å². The molecule has 0 bridgehead atoms. The number of carbonyl (C=O) groups is 1. The number of piperidine rings is 1. The smallest absolute Gasteiger partial charge is 0.250 e. The van der Waals surface area contributed by atoms with E-state index < -0.39 is 0 Å². The molecule has 122 valence electrons. The number of amides is 1. The van der Waals surface area contributed by atoms with E-state index in [9.17, 15) is 15.2 Å². The number of aliphatic hydroxyl groups is 1. The molecule has 23 heavy (non-hydrogen) atoms. The van der Waals surface area contributed by atoms with E-state index in [1.807, 2.05) is 25.1 Å². The highest BCUT2D eigenvalue weighted by Gasteiger charge is 2.19. The van der Waals surface area contributed by atoms with Crippen LogP contribution in [-0.4, -0.2) is 30.2 Å². The van der Waals surface area contributed by atoms with Crippen LogP contribution in [0.3, 0.4) is 0 Å². The van der Waals surface area contributed by atoms with Crippen LogP contribution >= 0.6 is 0 Å². The standard InChI is InChI=1S/C18H23N3O2/c1-3-4-13(2)18(23)20-15-5-6-17(14(11-15)12-19)21-9-7-16(22)8-10-21/h4-6,11,16,22H,3,7-10H2,1-2H3,(H,20,23)/b13-4-. The zero-order valence-corrected chi connectivity index (χ0v) is 13.7. The minimum atomic E-state index is -0.247. The summed E-state index contributed by atoms with van der Waals surface area (Å²) in [6, 6.07) is 7.59. The van der Waals surface area contributed by atoms with Crippen LogP contribution in [0.2, 0.25) is 0 Å². The number of allylic oxidation sites excluding steroid dienone is 1. The van der Waals surface area contributed by atoms with Crippen LogP contribution in [0.5, 0.6) is 0 Å². The number of nitriles is 1. The van der Waals surface area contributed by atoms with Gasteiger partial charge in [0, 0.05) is 24.4 Å². The summed E-state index contributed by atoms with van der Waals surface area (Å²) >= 11 is 0. The molecular weight excluding hydrogens is 290 g/mol. The molecule has 0 atom stereocenters. The predicted molar refractivity (Wildman–Crippen MR) is 91.3 cm³/mol. The molecule has 5 nitrogen and oxygen atoms in total. The number of nitrogens with zero attached hydrogens (tertiary/aromatic N) is 2. The number of anilines is 2. The molecule has 1 aliphatic rings. The first-order valence-electron chi connectivity index (χ1n) is 8.00. The summed E-state index contributed by atoms with van der Waals surface area (Å²) in [4.78, 5) is 14.1. The fourth-order valence-electron chi connectivity index (χ4n) is 2.71. The first-order chi connectivity index (χ1) is 11.0. The number of rotatable bonds is 4. The van der Waals surface area contributed by atoms with Gasteiger partial charge in [0.1, 0.15) is 6.07 Å². The molecule has 0 unspecified atom stereocenters. The Morgan fingerprint density at radius 1 is 1.48 bits per heavy atom. The van der Waals surface area contributed by atoms with Crippen molar-refractivity contribution in [2.24, 2.45) is 0 Å². The quantitative estimate of drug-likeness (QED) is 0.838. The van der Waals surface area contributed by atoms with E-state index in [1.54, 1.807) is 13.0 Å². The van der Waals surface area contributed by atoms with Crippen molar-refractivity contribution in [3.8, 4) is 6.07 Å². The number of benzene rings is 1. The van der Waals surface area contributed by atoms with Crippen LogP contribution in [0.15, 0.2) is 29.8 Å². The molecule has 1 amide bonds. The summed E-state index contributed by atoms with van der Waals surface area (Å²) < 4.78 is 0. The molecule has 1 saturated heterocycles. The minimum Gasteiger partial charge on any atom is -0.393 e. The van der Waals surface area contributed by atoms with Gasteiger partial charge in [0.25, 0.3) is 5.91 Å². The zero-order valence-electron chi connectivity index (χ0n) is 13.7. The average molecular weight is 313 g/mol. The van der Waals surface area contributed by atoms with Crippen LogP contribution in [-0.2, 0) is 4.79 Å².